The molecule has 1 heterocycles. The van der Waals surface area contributed by atoms with Crippen molar-refractivity contribution >= 4 is 28.5 Å². The van der Waals surface area contributed by atoms with Crippen molar-refractivity contribution in [3.8, 4) is 0 Å². The number of guanidine groups is 1. The van der Waals surface area contributed by atoms with Crippen LogP contribution in [-0.4, -0.2) is 35.3 Å². The zero-order valence-corrected chi connectivity index (χ0v) is 13.8. The molecule has 6 N–H and O–H groups in total. The standard InChI is InChI=1S/C13H25N7OS/c1-2-3-4-5-8-17-13(21)18-11(14)16-9-6-7-10-19-20-12(15)22-10/h2-9H2,1H3,(H2,15,20)(H4,14,16,17,18,21). The lowest BCUT2D eigenvalue weighted by atomic mass is 10.2. The average molecular weight is 327 g/mol. The molecule has 1 rings (SSSR count). The van der Waals surface area contributed by atoms with Gasteiger partial charge in [-0.2, -0.15) is 0 Å². The molecule has 0 aliphatic carbocycles. The maximum absolute atomic E-state index is 11.5. The summed E-state index contributed by atoms with van der Waals surface area (Å²) in [4.78, 5) is 15.6. The van der Waals surface area contributed by atoms with E-state index in [1.54, 1.807) is 0 Å². The second kappa shape index (κ2) is 10.8. The molecule has 0 saturated carbocycles. The number of unbranched alkanes of at least 4 members (excludes halogenated alkanes) is 3. The molecule has 9 heteroatoms. The van der Waals surface area contributed by atoms with Crippen molar-refractivity contribution in [2.24, 2.45) is 10.7 Å². The largest absolute Gasteiger partial charge is 0.374 e. The number of aryl methyl sites for hydroxylation is 1. The van der Waals surface area contributed by atoms with Gasteiger partial charge in [0.25, 0.3) is 0 Å². The van der Waals surface area contributed by atoms with Crippen LogP contribution in [0.25, 0.3) is 0 Å². The second-order valence-electron chi connectivity index (χ2n) is 4.85. The third-order valence-corrected chi connectivity index (χ3v) is 3.68. The highest BCUT2D eigenvalue weighted by atomic mass is 32.1. The number of carbonyl (C=O) groups excluding carboxylic acids is 1. The molecular weight excluding hydrogens is 302 g/mol. The molecule has 0 bridgehead atoms. The number of carbonyl (C=O) groups is 1. The van der Waals surface area contributed by atoms with Gasteiger partial charge >= 0.3 is 6.03 Å². The van der Waals surface area contributed by atoms with Crippen molar-refractivity contribution in [1.82, 2.24) is 20.8 Å². The second-order valence-corrected chi connectivity index (χ2v) is 5.94. The lowest BCUT2D eigenvalue weighted by Gasteiger charge is -2.06. The quantitative estimate of drug-likeness (QED) is 0.308. The van der Waals surface area contributed by atoms with Gasteiger partial charge in [0.05, 0.1) is 0 Å². The highest BCUT2D eigenvalue weighted by Crippen LogP contribution is 2.12. The Labute approximate surface area is 134 Å². The Morgan fingerprint density at radius 1 is 1.27 bits per heavy atom. The Bertz CT molecular complexity index is 475. The SMILES string of the molecule is CCCCCCNC(=O)NC(N)=NCCCc1nnc(N)s1. The van der Waals surface area contributed by atoms with E-state index in [2.05, 4.69) is 32.7 Å². The van der Waals surface area contributed by atoms with Gasteiger partial charge in [0.2, 0.25) is 5.13 Å². The van der Waals surface area contributed by atoms with Gasteiger partial charge in [-0.3, -0.25) is 10.3 Å². The van der Waals surface area contributed by atoms with Crippen LogP contribution in [0.4, 0.5) is 9.93 Å². The van der Waals surface area contributed by atoms with Gasteiger partial charge in [-0.1, -0.05) is 37.5 Å². The lowest BCUT2D eigenvalue weighted by Crippen LogP contribution is -2.43. The summed E-state index contributed by atoms with van der Waals surface area (Å²) in [6, 6.07) is -0.311. The molecule has 0 atom stereocenters. The zero-order chi connectivity index (χ0) is 16.2. The topological polar surface area (TPSA) is 131 Å². The lowest BCUT2D eigenvalue weighted by molar-refractivity contribution is 0.245. The summed E-state index contributed by atoms with van der Waals surface area (Å²) >= 11 is 1.37. The van der Waals surface area contributed by atoms with Crippen LogP contribution >= 0.6 is 11.3 Å². The van der Waals surface area contributed by atoms with E-state index in [0.717, 1.165) is 30.7 Å². The van der Waals surface area contributed by atoms with E-state index in [4.69, 9.17) is 11.5 Å². The minimum absolute atomic E-state index is 0.128. The predicted molar refractivity (Wildman–Crippen MR) is 89.8 cm³/mol. The van der Waals surface area contributed by atoms with E-state index in [9.17, 15) is 4.79 Å². The van der Waals surface area contributed by atoms with Crippen molar-refractivity contribution in [3.63, 3.8) is 0 Å². The first-order valence-corrected chi connectivity index (χ1v) is 8.36. The number of nitrogen functional groups attached to an aromatic ring is 1. The number of urea groups is 1. The highest BCUT2D eigenvalue weighted by Gasteiger charge is 2.02. The number of anilines is 1. The first-order chi connectivity index (χ1) is 10.6. The number of aliphatic imine (C=N–C) groups is 1. The maximum Gasteiger partial charge on any atom is 0.321 e. The number of nitrogens with one attached hydrogen (secondary N) is 2. The molecule has 0 fully saturated rings. The monoisotopic (exact) mass is 327 g/mol. The van der Waals surface area contributed by atoms with E-state index < -0.39 is 0 Å². The van der Waals surface area contributed by atoms with Crippen molar-refractivity contribution in [3.05, 3.63) is 5.01 Å². The fourth-order valence-electron chi connectivity index (χ4n) is 1.75. The third-order valence-electron chi connectivity index (χ3n) is 2.87. The van der Waals surface area contributed by atoms with E-state index in [0.29, 0.717) is 18.2 Å². The van der Waals surface area contributed by atoms with Crippen molar-refractivity contribution in [1.29, 1.82) is 0 Å². The normalized spacial score (nSPS) is 11.4. The van der Waals surface area contributed by atoms with E-state index in [-0.39, 0.29) is 12.0 Å². The third kappa shape index (κ3) is 8.40. The molecule has 0 radical (unpaired) electrons. The highest BCUT2D eigenvalue weighted by molar-refractivity contribution is 7.15. The first kappa shape index (κ1) is 18.1. The molecule has 0 aromatic carbocycles. The van der Waals surface area contributed by atoms with Gasteiger partial charge < -0.3 is 16.8 Å². The Kier molecular flexibility index (Phi) is 8.89. The molecule has 0 aliphatic rings. The van der Waals surface area contributed by atoms with Crippen LogP contribution in [-0.2, 0) is 6.42 Å². The minimum atomic E-state index is -0.311. The number of nitrogens with zero attached hydrogens (tertiary/aromatic N) is 3. The molecule has 22 heavy (non-hydrogen) atoms. The summed E-state index contributed by atoms with van der Waals surface area (Å²) < 4.78 is 0. The Hall–Kier alpha value is -1.90. The smallest absolute Gasteiger partial charge is 0.321 e. The number of hydrogen-bond acceptors (Lipinski definition) is 6. The fraction of sp³-hybridized carbons (Fsp3) is 0.692. The van der Waals surface area contributed by atoms with Crippen LogP contribution in [0.5, 0.6) is 0 Å². The van der Waals surface area contributed by atoms with Gasteiger partial charge in [0.15, 0.2) is 5.96 Å². The molecule has 8 nitrogen and oxygen atoms in total. The molecule has 0 spiro atoms. The molecule has 0 saturated heterocycles. The fourth-order valence-corrected chi connectivity index (χ4v) is 2.40. The van der Waals surface area contributed by atoms with Crippen molar-refractivity contribution in [2.45, 2.75) is 45.4 Å². The molecule has 2 amide bonds. The van der Waals surface area contributed by atoms with E-state index >= 15 is 0 Å². The zero-order valence-electron chi connectivity index (χ0n) is 13.0. The molecule has 1 aromatic heterocycles. The summed E-state index contributed by atoms with van der Waals surface area (Å²) in [5.41, 5.74) is 11.1. The van der Waals surface area contributed by atoms with Gasteiger partial charge in [-0.15, -0.1) is 10.2 Å². The van der Waals surface area contributed by atoms with Crippen LogP contribution in [0.15, 0.2) is 4.99 Å². The number of aromatic nitrogens is 2. The van der Waals surface area contributed by atoms with Gasteiger partial charge in [0.1, 0.15) is 5.01 Å². The molecule has 0 aliphatic heterocycles. The van der Waals surface area contributed by atoms with E-state index in [1.807, 2.05) is 0 Å². The average Bonchev–Trinajstić information content (AvgIpc) is 2.89. The van der Waals surface area contributed by atoms with Crippen molar-refractivity contribution in [2.75, 3.05) is 18.8 Å². The number of rotatable bonds is 9. The van der Waals surface area contributed by atoms with Crippen LogP contribution in [0.2, 0.25) is 0 Å². The molecule has 1 aromatic rings. The molecule has 0 unspecified atom stereocenters. The van der Waals surface area contributed by atoms with Gasteiger partial charge in [0, 0.05) is 19.5 Å². The Morgan fingerprint density at radius 3 is 2.77 bits per heavy atom. The summed E-state index contributed by atoms with van der Waals surface area (Å²) in [6.07, 6.45) is 5.98. The summed E-state index contributed by atoms with van der Waals surface area (Å²) in [7, 11) is 0. The first-order valence-electron chi connectivity index (χ1n) is 7.54. The van der Waals surface area contributed by atoms with Crippen LogP contribution in [0, 0.1) is 0 Å². The number of amides is 2. The maximum atomic E-state index is 11.5. The number of nitrogens with two attached hydrogens (primary N) is 2. The van der Waals surface area contributed by atoms with Crippen LogP contribution in [0.1, 0.15) is 44.0 Å². The van der Waals surface area contributed by atoms with Gasteiger partial charge in [-0.25, -0.2) is 4.79 Å². The van der Waals surface area contributed by atoms with Crippen molar-refractivity contribution < 1.29 is 4.79 Å². The Morgan fingerprint density at radius 2 is 2.09 bits per heavy atom. The van der Waals surface area contributed by atoms with E-state index in [1.165, 1.54) is 24.2 Å². The number of hydrogen-bond donors (Lipinski definition) is 4. The summed E-state index contributed by atoms with van der Waals surface area (Å²) in [5.74, 6) is 0.128. The minimum Gasteiger partial charge on any atom is -0.374 e. The molecule has 124 valence electrons. The predicted octanol–water partition coefficient (Wildman–Crippen LogP) is 1.25. The molecular formula is C13H25N7OS. The van der Waals surface area contributed by atoms with Crippen LogP contribution in [0.3, 0.4) is 0 Å². The summed E-state index contributed by atoms with van der Waals surface area (Å²) in [6.45, 7) is 3.32. The summed E-state index contributed by atoms with van der Waals surface area (Å²) in [5, 5.41) is 14.3. The van der Waals surface area contributed by atoms with Crippen LogP contribution < -0.4 is 22.1 Å². The van der Waals surface area contributed by atoms with Gasteiger partial charge in [-0.05, 0) is 12.8 Å². The Balaban J connectivity index is 2.10.